The van der Waals surface area contributed by atoms with Gasteiger partial charge in [-0.3, -0.25) is 9.59 Å². The molecule has 0 saturated carbocycles. The molecule has 166 valence electrons. The van der Waals surface area contributed by atoms with Gasteiger partial charge < -0.3 is 24.2 Å². The first-order valence-corrected chi connectivity index (χ1v) is 10.3. The van der Waals surface area contributed by atoms with E-state index in [4.69, 9.17) is 14.2 Å². The first-order chi connectivity index (χ1) is 14.8. The van der Waals surface area contributed by atoms with Gasteiger partial charge in [0.1, 0.15) is 17.4 Å². The first kappa shape index (κ1) is 22.6. The average molecular weight is 427 g/mol. The summed E-state index contributed by atoms with van der Waals surface area (Å²) in [6.07, 6.45) is -0.569. The number of likely N-dealkylation sites (tertiary alicyclic amines) is 1. The van der Waals surface area contributed by atoms with E-state index in [0.29, 0.717) is 12.8 Å². The van der Waals surface area contributed by atoms with Crippen molar-refractivity contribution >= 4 is 11.9 Å². The van der Waals surface area contributed by atoms with Crippen molar-refractivity contribution in [3.05, 3.63) is 59.7 Å². The lowest BCUT2D eigenvalue weighted by Gasteiger charge is -2.50. The highest BCUT2D eigenvalue weighted by Crippen LogP contribution is 2.35. The predicted molar refractivity (Wildman–Crippen MR) is 115 cm³/mol. The molecule has 0 spiro atoms. The van der Waals surface area contributed by atoms with Crippen molar-refractivity contribution in [2.24, 2.45) is 5.92 Å². The lowest BCUT2D eigenvalue weighted by atomic mass is 9.85. The number of aliphatic hydroxyl groups excluding tert-OH is 1. The van der Waals surface area contributed by atoms with Gasteiger partial charge in [0.2, 0.25) is 5.91 Å². The maximum absolute atomic E-state index is 13.0. The number of aliphatic hydroxyl groups is 1. The average Bonchev–Trinajstić information content (AvgIpc) is 2.74. The molecule has 2 aromatic rings. The second-order valence-corrected chi connectivity index (χ2v) is 7.77. The Hall–Kier alpha value is -3.06. The van der Waals surface area contributed by atoms with Crippen molar-refractivity contribution in [3.63, 3.8) is 0 Å². The highest BCUT2D eigenvalue weighted by Gasteiger charge is 2.54. The van der Waals surface area contributed by atoms with Crippen LogP contribution in [0.15, 0.2) is 48.5 Å². The Morgan fingerprint density at radius 1 is 0.968 bits per heavy atom. The number of carbonyl (C=O) groups is 2. The largest absolute Gasteiger partial charge is 0.497 e. The zero-order valence-corrected chi connectivity index (χ0v) is 18.3. The van der Waals surface area contributed by atoms with Crippen LogP contribution in [0.3, 0.4) is 0 Å². The number of β-lactam (4-membered cyclic amide) rings is 1. The molecule has 1 heterocycles. The normalized spacial score (nSPS) is 19.0. The van der Waals surface area contributed by atoms with Crippen LogP contribution in [0, 0.1) is 5.92 Å². The maximum atomic E-state index is 13.0. The molecule has 1 unspecified atom stereocenters. The molecule has 1 N–H and O–H groups in total. The number of esters is 1. The topological polar surface area (TPSA) is 85.3 Å². The molecule has 7 nitrogen and oxygen atoms in total. The third kappa shape index (κ3) is 5.17. The van der Waals surface area contributed by atoms with Crippen molar-refractivity contribution in [2.75, 3.05) is 14.2 Å². The second kappa shape index (κ2) is 9.83. The molecule has 2 aromatic carbocycles. The zero-order chi connectivity index (χ0) is 22.5. The number of nitrogens with zero attached hydrogens (tertiary/aromatic N) is 1. The third-order valence-corrected chi connectivity index (χ3v) is 5.58. The molecule has 1 saturated heterocycles. The highest BCUT2D eigenvalue weighted by atomic mass is 16.6. The van der Waals surface area contributed by atoms with Gasteiger partial charge in [0, 0.05) is 13.0 Å². The molecule has 7 heteroatoms. The van der Waals surface area contributed by atoms with E-state index in [1.54, 1.807) is 26.0 Å². The van der Waals surface area contributed by atoms with E-state index in [-0.39, 0.29) is 11.9 Å². The minimum Gasteiger partial charge on any atom is -0.497 e. The van der Waals surface area contributed by atoms with Gasteiger partial charge in [-0.25, -0.2) is 0 Å². The van der Waals surface area contributed by atoms with Crippen LogP contribution in [0.4, 0.5) is 0 Å². The molecule has 0 aromatic heterocycles. The SMILES string of the molecule is COc1ccc(CC(Cc2ccc(OC)cc2)N2C(=O)[C@H](C(C)O)[C@H]2OC(C)=O)cc1. The van der Waals surface area contributed by atoms with Crippen LogP contribution >= 0.6 is 0 Å². The number of benzene rings is 2. The summed E-state index contributed by atoms with van der Waals surface area (Å²) in [5, 5.41) is 10.1. The number of hydrogen-bond acceptors (Lipinski definition) is 6. The fourth-order valence-electron chi connectivity index (χ4n) is 3.98. The van der Waals surface area contributed by atoms with E-state index in [9.17, 15) is 14.7 Å². The lowest BCUT2D eigenvalue weighted by Crippen LogP contribution is -2.69. The summed E-state index contributed by atoms with van der Waals surface area (Å²) in [5.74, 6) is 0.0529. The quantitative estimate of drug-likeness (QED) is 0.489. The van der Waals surface area contributed by atoms with Crippen molar-refractivity contribution in [3.8, 4) is 11.5 Å². The Kier molecular flexibility index (Phi) is 7.17. The number of hydrogen-bond donors (Lipinski definition) is 1. The van der Waals surface area contributed by atoms with Crippen molar-refractivity contribution in [1.29, 1.82) is 0 Å². The van der Waals surface area contributed by atoms with Crippen LogP contribution in [-0.4, -0.2) is 54.5 Å². The molecule has 1 aliphatic heterocycles. The van der Waals surface area contributed by atoms with E-state index in [1.807, 2.05) is 48.5 Å². The van der Waals surface area contributed by atoms with E-state index < -0.39 is 24.2 Å². The summed E-state index contributed by atoms with van der Waals surface area (Å²) in [7, 11) is 3.22. The van der Waals surface area contributed by atoms with Gasteiger partial charge >= 0.3 is 5.97 Å². The number of rotatable bonds is 9. The Balaban J connectivity index is 1.88. The molecule has 0 bridgehead atoms. The van der Waals surface area contributed by atoms with E-state index in [0.717, 1.165) is 22.6 Å². The van der Waals surface area contributed by atoms with Gasteiger partial charge in [-0.05, 0) is 55.2 Å². The molecular weight excluding hydrogens is 398 g/mol. The number of methoxy groups -OCH3 is 2. The highest BCUT2D eigenvalue weighted by molar-refractivity contribution is 5.87. The molecule has 3 atom stereocenters. The summed E-state index contributed by atoms with van der Waals surface area (Å²) < 4.78 is 15.9. The summed E-state index contributed by atoms with van der Waals surface area (Å²) >= 11 is 0. The van der Waals surface area contributed by atoms with Gasteiger partial charge in [0.25, 0.3) is 0 Å². The van der Waals surface area contributed by atoms with Crippen LogP contribution < -0.4 is 9.47 Å². The molecule has 3 rings (SSSR count). The zero-order valence-electron chi connectivity index (χ0n) is 18.3. The summed E-state index contributed by atoms with van der Waals surface area (Å²) in [6.45, 7) is 2.85. The van der Waals surface area contributed by atoms with E-state index >= 15 is 0 Å². The molecule has 31 heavy (non-hydrogen) atoms. The van der Waals surface area contributed by atoms with Crippen molar-refractivity contribution in [2.45, 2.75) is 45.1 Å². The monoisotopic (exact) mass is 427 g/mol. The maximum Gasteiger partial charge on any atom is 0.304 e. The van der Waals surface area contributed by atoms with Crippen molar-refractivity contribution in [1.82, 2.24) is 4.90 Å². The van der Waals surface area contributed by atoms with Gasteiger partial charge in [-0.2, -0.15) is 0 Å². The Morgan fingerprint density at radius 2 is 1.42 bits per heavy atom. The molecule has 1 aliphatic rings. The Bertz CT molecular complexity index is 844. The van der Waals surface area contributed by atoms with Gasteiger partial charge in [-0.15, -0.1) is 0 Å². The smallest absolute Gasteiger partial charge is 0.304 e. The molecule has 1 amide bonds. The van der Waals surface area contributed by atoms with Crippen LogP contribution in [0.1, 0.15) is 25.0 Å². The van der Waals surface area contributed by atoms with Crippen LogP contribution in [0.2, 0.25) is 0 Å². The minimum absolute atomic E-state index is 0.215. The lowest BCUT2D eigenvalue weighted by molar-refractivity contribution is -0.213. The standard InChI is InChI=1S/C24H29NO6/c1-15(26)22-23(28)25(24(22)31-16(2)27)19(13-17-5-9-20(29-3)10-6-17)14-18-7-11-21(30-4)12-8-18/h5-12,15,19,22,24,26H,13-14H2,1-4H3/t15?,22-,24+/m0/s1. The summed E-state index contributed by atoms with van der Waals surface area (Å²) in [6, 6.07) is 15.1. The second-order valence-electron chi connectivity index (χ2n) is 7.77. The molecule has 0 aliphatic carbocycles. The van der Waals surface area contributed by atoms with Crippen LogP contribution in [0.5, 0.6) is 11.5 Å². The predicted octanol–water partition coefficient (Wildman–Crippen LogP) is 2.59. The summed E-state index contributed by atoms with van der Waals surface area (Å²) in [4.78, 5) is 26.2. The van der Waals surface area contributed by atoms with Crippen molar-refractivity contribution < 1.29 is 28.9 Å². The number of amides is 1. The Labute approximate surface area is 182 Å². The number of ether oxygens (including phenoxy) is 3. The van der Waals surface area contributed by atoms with Crippen LogP contribution in [0.25, 0.3) is 0 Å². The first-order valence-electron chi connectivity index (χ1n) is 10.3. The van der Waals surface area contributed by atoms with E-state index in [2.05, 4.69) is 0 Å². The fourth-order valence-corrected chi connectivity index (χ4v) is 3.98. The Morgan fingerprint density at radius 3 is 1.77 bits per heavy atom. The number of carbonyl (C=O) groups excluding carboxylic acids is 2. The van der Waals surface area contributed by atoms with Gasteiger partial charge in [0.15, 0.2) is 6.23 Å². The molecule has 0 radical (unpaired) electrons. The summed E-state index contributed by atoms with van der Waals surface area (Å²) in [5.41, 5.74) is 2.04. The minimum atomic E-state index is -0.907. The van der Waals surface area contributed by atoms with E-state index in [1.165, 1.54) is 6.92 Å². The molecular formula is C24H29NO6. The van der Waals surface area contributed by atoms with Gasteiger partial charge in [0.05, 0.1) is 20.3 Å². The van der Waals surface area contributed by atoms with Gasteiger partial charge in [-0.1, -0.05) is 24.3 Å². The van der Waals surface area contributed by atoms with Crippen LogP contribution in [-0.2, 0) is 27.2 Å². The third-order valence-electron chi connectivity index (χ3n) is 5.58. The molecule has 1 fully saturated rings. The fraction of sp³-hybridized carbons (Fsp3) is 0.417.